The van der Waals surface area contributed by atoms with Crippen LogP contribution >= 0.6 is 0 Å². The van der Waals surface area contributed by atoms with Crippen LogP contribution < -0.4 is 10.1 Å². The molecule has 0 atom stereocenters. The molecule has 11 heteroatoms. The Bertz CT molecular complexity index is 894. The number of nitrogens with zero attached hydrogens (tertiary/aromatic N) is 2. The van der Waals surface area contributed by atoms with Crippen molar-refractivity contribution in [1.29, 1.82) is 0 Å². The number of alkyl halides is 3. The van der Waals surface area contributed by atoms with Gasteiger partial charge in [-0.2, -0.15) is 4.31 Å². The molecule has 0 radical (unpaired) electrons. The first-order valence-electron chi connectivity index (χ1n) is 11.5. The number of unbranched alkanes of at least 4 members (excludes halogenated alkanes) is 1. The molecule has 3 rings (SSSR count). The summed E-state index contributed by atoms with van der Waals surface area (Å²) >= 11 is 0. The summed E-state index contributed by atoms with van der Waals surface area (Å²) in [6.07, 6.45) is 0.0204. The smallest absolute Gasteiger partial charge is 0.406 e. The zero-order valence-corrected chi connectivity index (χ0v) is 19.6. The number of benzene rings is 1. The third kappa shape index (κ3) is 7.31. The number of sulfonamides is 1. The van der Waals surface area contributed by atoms with Crippen LogP contribution in [0.25, 0.3) is 0 Å². The second-order valence-corrected chi connectivity index (χ2v) is 10.6. The summed E-state index contributed by atoms with van der Waals surface area (Å²) in [5, 5.41) is 3.12. The molecule has 1 aromatic carbocycles. The average molecular weight is 492 g/mol. The Morgan fingerprint density at radius 3 is 2.39 bits per heavy atom. The van der Waals surface area contributed by atoms with Gasteiger partial charge in [-0.15, -0.1) is 13.2 Å². The minimum absolute atomic E-state index is 0.0420. The molecule has 0 bridgehead atoms. The molecule has 2 aliphatic heterocycles. The predicted molar refractivity (Wildman–Crippen MR) is 117 cm³/mol. The van der Waals surface area contributed by atoms with Crippen molar-refractivity contribution in [3.05, 3.63) is 24.3 Å². The second-order valence-electron chi connectivity index (χ2n) is 8.68. The lowest BCUT2D eigenvalue weighted by Gasteiger charge is -2.34. The summed E-state index contributed by atoms with van der Waals surface area (Å²) in [6.45, 7) is 5.48. The maximum atomic E-state index is 12.9. The van der Waals surface area contributed by atoms with Crippen molar-refractivity contribution in [3.8, 4) is 5.75 Å². The number of hydrogen-bond donors (Lipinski definition) is 1. The molecule has 0 unspecified atom stereocenters. The molecular weight excluding hydrogens is 459 g/mol. The van der Waals surface area contributed by atoms with Gasteiger partial charge in [-0.05, 0) is 50.8 Å². The lowest BCUT2D eigenvalue weighted by atomic mass is 9.96. The van der Waals surface area contributed by atoms with E-state index in [1.807, 2.05) is 0 Å². The summed E-state index contributed by atoms with van der Waals surface area (Å²) in [7, 11) is -3.98. The number of nitrogens with one attached hydrogen (secondary N) is 1. The van der Waals surface area contributed by atoms with E-state index < -0.39 is 22.1 Å². The molecule has 1 N–H and O–H groups in total. The van der Waals surface area contributed by atoms with Crippen LogP contribution in [-0.4, -0.2) is 68.7 Å². The first kappa shape index (κ1) is 25.8. The maximum absolute atomic E-state index is 12.9. The van der Waals surface area contributed by atoms with Crippen molar-refractivity contribution in [1.82, 2.24) is 14.5 Å². The molecule has 186 valence electrons. The fourth-order valence-electron chi connectivity index (χ4n) is 4.34. The van der Waals surface area contributed by atoms with Gasteiger partial charge in [0.2, 0.25) is 15.9 Å². The average Bonchev–Trinajstić information content (AvgIpc) is 2.78. The highest BCUT2D eigenvalue weighted by atomic mass is 32.2. The van der Waals surface area contributed by atoms with E-state index >= 15 is 0 Å². The third-order valence-corrected chi connectivity index (χ3v) is 8.16. The number of piperidine rings is 2. The van der Waals surface area contributed by atoms with Crippen LogP contribution in [0.1, 0.15) is 45.4 Å². The van der Waals surface area contributed by atoms with Gasteiger partial charge in [-0.1, -0.05) is 19.4 Å². The number of ether oxygens (including phenoxy) is 1. The number of carbonyl (C=O) groups excluding carboxylic acids is 1. The summed E-state index contributed by atoms with van der Waals surface area (Å²) < 4.78 is 68.2. The Morgan fingerprint density at radius 2 is 1.79 bits per heavy atom. The number of hydrogen-bond acceptors (Lipinski definition) is 5. The highest BCUT2D eigenvalue weighted by molar-refractivity contribution is 7.89. The Balaban J connectivity index is 1.50. The topological polar surface area (TPSA) is 79.0 Å². The largest absolute Gasteiger partial charge is 0.573 e. The fourth-order valence-corrected chi connectivity index (χ4v) is 5.85. The van der Waals surface area contributed by atoms with E-state index in [0.29, 0.717) is 12.8 Å². The van der Waals surface area contributed by atoms with Gasteiger partial charge in [0.1, 0.15) is 5.75 Å². The van der Waals surface area contributed by atoms with Gasteiger partial charge in [-0.3, -0.25) is 4.79 Å². The molecular formula is C22H32F3N3O4S. The number of carbonyl (C=O) groups is 1. The Kier molecular flexibility index (Phi) is 8.63. The Hall–Kier alpha value is -1.85. The highest BCUT2D eigenvalue weighted by Gasteiger charge is 2.35. The van der Waals surface area contributed by atoms with Gasteiger partial charge in [0, 0.05) is 44.2 Å². The SMILES string of the molecule is CCCCN1CCC(NC(=O)C2CCN(S(=O)(=O)c3cccc(OC(F)(F)F)c3)CC2)CC1. The zero-order chi connectivity index (χ0) is 24.1. The standard InChI is InChI=1S/C22H32F3N3O4S/c1-2-3-11-27-12-9-18(10-13-27)26-21(29)17-7-14-28(15-8-17)33(30,31)20-6-4-5-19(16-20)32-22(23,24)25/h4-6,16-18H,2-3,7-15H2,1H3,(H,26,29). The summed E-state index contributed by atoms with van der Waals surface area (Å²) in [4.78, 5) is 14.9. The normalized spacial score (nSPS) is 20.0. The Morgan fingerprint density at radius 1 is 1.12 bits per heavy atom. The van der Waals surface area contributed by atoms with Crippen LogP contribution in [0.3, 0.4) is 0 Å². The predicted octanol–water partition coefficient (Wildman–Crippen LogP) is 3.37. The number of amides is 1. The van der Waals surface area contributed by atoms with E-state index in [1.54, 1.807) is 0 Å². The van der Waals surface area contributed by atoms with E-state index in [4.69, 9.17) is 0 Å². The van der Waals surface area contributed by atoms with Gasteiger partial charge >= 0.3 is 6.36 Å². The first-order valence-corrected chi connectivity index (χ1v) is 12.9. The molecule has 33 heavy (non-hydrogen) atoms. The molecule has 1 amide bonds. The zero-order valence-electron chi connectivity index (χ0n) is 18.8. The van der Waals surface area contributed by atoms with Gasteiger partial charge in [0.05, 0.1) is 4.90 Å². The van der Waals surface area contributed by atoms with Crippen molar-refractivity contribution in [2.24, 2.45) is 5.92 Å². The fraction of sp³-hybridized carbons (Fsp3) is 0.682. The molecule has 0 saturated carbocycles. The summed E-state index contributed by atoms with van der Waals surface area (Å²) in [6, 6.07) is 4.52. The van der Waals surface area contributed by atoms with Gasteiger partial charge in [0.25, 0.3) is 0 Å². The molecule has 2 saturated heterocycles. The monoisotopic (exact) mass is 491 g/mol. The highest BCUT2D eigenvalue weighted by Crippen LogP contribution is 2.28. The van der Waals surface area contributed by atoms with Crippen molar-refractivity contribution in [2.45, 2.75) is 62.7 Å². The second kappa shape index (κ2) is 11.1. The number of halogens is 3. The van der Waals surface area contributed by atoms with E-state index in [9.17, 15) is 26.4 Å². The molecule has 2 aliphatic rings. The van der Waals surface area contributed by atoms with Crippen LogP contribution in [0, 0.1) is 5.92 Å². The third-order valence-electron chi connectivity index (χ3n) is 6.26. The van der Waals surface area contributed by atoms with Crippen LogP contribution in [-0.2, 0) is 14.8 Å². The minimum atomic E-state index is -4.90. The molecule has 2 fully saturated rings. The molecule has 0 spiro atoms. The van der Waals surface area contributed by atoms with E-state index in [-0.39, 0.29) is 35.9 Å². The van der Waals surface area contributed by atoms with Gasteiger partial charge in [0.15, 0.2) is 0 Å². The molecule has 1 aromatic rings. The first-order chi connectivity index (χ1) is 15.6. The van der Waals surface area contributed by atoms with Crippen molar-refractivity contribution in [2.75, 3.05) is 32.7 Å². The van der Waals surface area contributed by atoms with E-state index in [2.05, 4.69) is 21.9 Å². The van der Waals surface area contributed by atoms with Crippen LogP contribution in [0.2, 0.25) is 0 Å². The maximum Gasteiger partial charge on any atom is 0.573 e. The minimum Gasteiger partial charge on any atom is -0.406 e. The molecule has 0 aromatic heterocycles. The van der Waals surface area contributed by atoms with E-state index in [1.165, 1.54) is 22.9 Å². The van der Waals surface area contributed by atoms with Crippen molar-refractivity contribution >= 4 is 15.9 Å². The molecule has 7 nitrogen and oxygen atoms in total. The number of rotatable bonds is 8. The van der Waals surface area contributed by atoms with Crippen LogP contribution in [0.15, 0.2) is 29.2 Å². The van der Waals surface area contributed by atoms with Crippen LogP contribution in [0.4, 0.5) is 13.2 Å². The number of likely N-dealkylation sites (tertiary alicyclic amines) is 1. The van der Waals surface area contributed by atoms with Crippen molar-refractivity contribution < 1.29 is 31.1 Å². The summed E-state index contributed by atoms with van der Waals surface area (Å²) in [5.74, 6) is -0.896. The van der Waals surface area contributed by atoms with Crippen LogP contribution in [0.5, 0.6) is 5.75 Å². The van der Waals surface area contributed by atoms with Crippen molar-refractivity contribution in [3.63, 3.8) is 0 Å². The molecule has 0 aliphatic carbocycles. The van der Waals surface area contributed by atoms with E-state index in [0.717, 1.165) is 51.0 Å². The lowest BCUT2D eigenvalue weighted by Crippen LogP contribution is -2.48. The quantitative estimate of drug-likeness (QED) is 0.603. The molecule has 2 heterocycles. The van der Waals surface area contributed by atoms with Gasteiger partial charge in [-0.25, -0.2) is 8.42 Å². The van der Waals surface area contributed by atoms with Gasteiger partial charge < -0.3 is 15.0 Å². The Labute approximate surface area is 193 Å². The summed E-state index contributed by atoms with van der Waals surface area (Å²) in [5.41, 5.74) is 0. The lowest BCUT2D eigenvalue weighted by molar-refractivity contribution is -0.274.